The zero-order valence-electron chi connectivity index (χ0n) is 69.4. The first kappa shape index (κ1) is 80.6. The zero-order valence-corrected chi connectivity index (χ0v) is 69.4. The monoisotopic (exact) mass is 1380 g/mol. The largest absolute Gasteiger partial charge is 0.0795 e. The Balaban J connectivity index is 0.000000138. The van der Waals surface area contributed by atoms with Gasteiger partial charge in [-0.15, -0.1) is 0 Å². The summed E-state index contributed by atoms with van der Waals surface area (Å²) in [7, 11) is 0. The third-order valence-corrected chi connectivity index (χ3v) is 22.9. The standard InChI is InChI=1S/C13H18.3C13H16.2C13H18.2C13H16/c4*1-13(2,3)12-8-7-10-5-4-6-11(10)9-12;4*1-13(2,3)12-8-10-6-4-5-7-11(10)9-12/h7-9H,4-6H2,1-3H3;4,6-9H,5H2,1-3H3;2*4-5,7-9H,6H2,1-3H3;2*4-7,12H,8-9H2,1-3H3;2*4-8H,9H2,1-3H3. The molecule has 0 radical (unpaired) electrons. The molecule has 0 N–H and O–H groups in total. The SMILES string of the molecule is CC(C)(C)C1=Cc2ccccc2C1.CC(C)(C)C1=Cc2ccccc2C1.CC(C)(C)C1Cc2ccccc2C1.CC(C)(C)C1Cc2ccccc2C1.CC(C)(C)c1ccc2c(c1)C=CC2.CC(C)(C)c1ccc2c(c1)CC=C2.CC(C)(C)c1ccc2c(c1)CC=C2.CC(C)(C)c1ccc2c(c1)CCC2. The summed E-state index contributed by atoms with van der Waals surface area (Å²) < 4.78 is 0. The van der Waals surface area contributed by atoms with Crippen molar-refractivity contribution in [3.8, 4) is 0 Å². The number of hydrogen-bond acceptors (Lipinski definition) is 0. The highest BCUT2D eigenvalue weighted by Crippen LogP contribution is 2.42. The molecule has 8 aromatic rings. The Morgan fingerprint density at radius 2 is 0.538 bits per heavy atom. The van der Waals surface area contributed by atoms with E-state index in [4.69, 9.17) is 0 Å². The van der Waals surface area contributed by atoms with E-state index < -0.39 is 0 Å². The summed E-state index contributed by atoms with van der Waals surface area (Å²) >= 11 is 0. The highest BCUT2D eigenvalue weighted by atomic mass is 14.4. The molecule has 0 bridgehead atoms. The fraction of sp³-hybridized carbons (Fsp3) is 0.442. The third-order valence-electron chi connectivity index (χ3n) is 22.9. The zero-order chi connectivity index (χ0) is 75.8. The summed E-state index contributed by atoms with van der Waals surface area (Å²) in [6.07, 6.45) is 32.7. The summed E-state index contributed by atoms with van der Waals surface area (Å²) in [5.74, 6) is 1.68. The van der Waals surface area contributed by atoms with Crippen molar-refractivity contribution in [2.45, 2.75) is 265 Å². The molecule has 104 heavy (non-hydrogen) atoms. The molecular formula is C104H134. The number of hydrogen-bond donors (Lipinski definition) is 0. The molecule has 0 saturated heterocycles. The minimum absolute atomic E-state index is 0.269. The van der Waals surface area contributed by atoms with Gasteiger partial charge in [-0.3, -0.25) is 0 Å². The van der Waals surface area contributed by atoms with E-state index in [0.29, 0.717) is 27.1 Å². The van der Waals surface area contributed by atoms with Crippen LogP contribution in [0.3, 0.4) is 0 Å². The molecule has 550 valence electrons. The molecule has 8 aliphatic rings. The van der Waals surface area contributed by atoms with E-state index in [2.05, 4.69) is 385 Å². The normalized spacial score (nSPS) is 15.7. The van der Waals surface area contributed by atoms with Gasteiger partial charge in [0.1, 0.15) is 0 Å². The summed E-state index contributed by atoms with van der Waals surface area (Å²) in [6, 6.07) is 62.6. The lowest BCUT2D eigenvalue weighted by molar-refractivity contribution is 0.251. The predicted octanol–water partition coefficient (Wildman–Crippen LogP) is 28.4. The van der Waals surface area contributed by atoms with Crippen LogP contribution in [0.1, 0.15) is 284 Å². The van der Waals surface area contributed by atoms with Gasteiger partial charge in [0.25, 0.3) is 0 Å². The van der Waals surface area contributed by atoms with Gasteiger partial charge in [0, 0.05) is 0 Å². The smallest absolute Gasteiger partial charge is 0.00526 e. The van der Waals surface area contributed by atoms with Crippen LogP contribution in [-0.4, -0.2) is 0 Å². The van der Waals surface area contributed by atoms with Gasteiger partial charge in [-0.25, -0.2) is 0 Å². The number of benzene rings is 8. The summed E-state index contributed by atoms with van der Waals surface area (Å²) in [5.41, 5.74) is 35.4. The Hall–Kier alpha value is -7.54. The molecule has 0 spiro atoms. The number of aryl methyl sites for hydroxylation is 2. The molecule has 0 amide bonds. The maximum absolute atomic E-state index is 2.41. The average Bonchev–Trinajstić information content (AvgIpc) is 1.54. The van der Waals surface area contributed by atoms with E-state index in [1.807, 2.05) is 0 Å². The van der Waals surface area contributed by atoms with Gasteiger partial charge < -0.3 is 0 Å². The molecule has 0 atom stereocenters. The number of allylic oxidation sites excluding steroid dienone is 5. The second-order valence-electron chi connectivity index (χ2n) is 39.5. The van der Waals surface area contributed by atoms with Crippen LogP contribution in [-0.2, 0) is 92.3 Å². The van der Waals surface area contributed by atoms with Crippen molar-refractivity contribution in [2.75, 3.05) is 0 Å². The van der Waals surface area contributed by atoms with Gasteiger partial charge in [-0.2, -0.15) is 0 Å². The lowest BCUT2D eigenvalue weighted by Crippen LogP contribution is -2.20. The van der Waals surface area contributed by atoms with Crippen molar-refractivity contribution in [3.63, 3.8) is 0 Å². The van der Waals surface area contributed by atoms with E-state index in [1.165, 1.54) is 123 Å². The molecule has 16 rings (SSSR count). The van der Waals surface area contributed by atoms with Crippen molar-refractivity contribution >= 4 is 30.4 Å². The minimum atomic E-state index is 0.269. The van der Waals surface area contributed by atoms with Gasteiger partial charge in [-0.1, -0.05) is 396 Å². The minimum Gasteiger partial charge on any atom is -0.0795 e. The maximum atomic E-state index is 2.41. The Bertz CT molecular complexity index is 4060. The fourth-order valence-electron chi connectivity index (χ4n) is 15.1. The molecule has 0 heteroatoms. The van der Waals surface area contributed by atoms with E-state index in [0.717, 1.165) is 43.9 Å². The number of rotatable bonds is 0. The van der Waals surface area contributed by atoms with Crippen LogP contribution < -0.4 is 0 Å². The maximum Gasteiger partial charge on any atom is -0.00526 e. The van der Waals surface area contributed by atoms with Crippen LogP contribution in [0, 0.1) is 33.5 Å². The van der Waals surface area contributed by atoms with Gasteiger partial charge in [0.05, 0.1) is 0 Å². The van der Waals surface area contributed by atoms with Gasteiger partial charge >= 0.3 is 0 Å². The van der Waals surface area contributed by atoms with E-state index in [-0.39, 0.29) is 16.2 Å². The molecule has 8 aliphatic carbocycles. The third kappa shape index (κ3) is 22.3. The van der Waals surface area contributed by atoms with Crippen molar-refractivity contribution in [1.29, 1.82) is 0 Å². The Labute approximate surface area is 635 Å². The predicted molar refractivity (Wildman–Crippen MR) is 460 cm³/mol. The topological polar surface area (TPSA) is 0 Å². The van der Waals surface area contributed by atoms with Crippen molar-refractivity contribution in [3.05, 3.63) is 311 Å². The van der Waals surface area contributed by atoms with Crippen molar-refractivity contribution < 1.29 is 0 Å². The summed E-state index contributed by atoms with van der Waals surface area (Å²) in [5, 5.41) is 0. The molecule has 0 nitrogen and oxygen atoms in total. The van der Waals surface area contributed by atoms with E-state index in [1.54, 1.807) is 44.5 Å². The van der Waals surface area contributed by atoms with Gasteiger partial charge in [-0.05, 0) is 243 Å². The molecule has 0 saturated carbocycles. The Morgan fingerprint density at radius 1 is 0.240 bits per heavy atom. The van der Waals surface area contributed by atoms with Crippen molar-refractivity contribution in [1.82, 2.24) is 0 Å². The lowest BCUT2D eigenvalue weighted by atomic mass is 9.79. The molecule has 0 unspecified atom stereocenters. The van der Waals surface area contributed by atoms with E-state index in [9.17, 15) is 0 Å². The molecule has 0 fully saturated rings. The number of fused-ring (bicyclic) bond motifs is 8. The second kappa shape index (κ2) is 33.1. The molecule has 8 aromatic carbocycles. The molecule has 0 aliphatic heterocycles. The molecule has 0 aromatic heterocycles. The Kier molecular flexibility index (Phi) is 25.6. The summed E-state index contributed by atoms with van der Waals surface area (Å²) in [6.45, 7) is 55.0. The fourth-order valence-corrected chi connectivity index (χ4v) is 15.1. The molecule has 0 heterocycles. The first-order valence-electron chi connectivity index (χ1n) is 39.8. The van der Waals surface area contributed by atoms with Crippen LogP contribution in [0.15, 0.2) is 199 Å². The van der Waals surface area contributed by atoms with Gasteiger partial charge in [0.2, 0.25) is 0 Å². The van der Waals surface area contributed by atoms with E-state index >= 15 is 0 Å². The van der Waals surface area contributed by atoms with Crippen LogP contribution in [0.4, 0.5) is 0 Å². The molecular weight excluding hydrogens is 1250 g/mol. The van der Waals surface area contributed by atoms with Crippen molar-refractivity contribution in [2.24, 2.45) is 33.5 Å². The highest BCUT2D eigenvalue weighted by molar-refractivity contribution is 5.67. The van der Waals surface area contributed by atoms with Crippen LogP contribution in [0.5, 0.6) is 0 Å². The van der Waals surface area contributed by atoms with Crippen LogP contribution >= 0.6 is 0 Å². The van der Waals surface area contributed by atoms with Crippen LogP contribution in [0.25, 0.3) is 30.4 Å². The first-order chi connectivity index (χ1) is 48.6. The van der Waals surface area contributed by atoms with Crippen LogP contribution in [0.2, 0.25) is 0 Å². The highest BCUT2D eigenvalue weighted by Gasteiger charge is 2.32. The van der Waals surface area contributed by atoms with Gasteiger partial charge in [0.15, 0.2) is 0 Å². The first-order valence-corrected chi connectivity index (χ1v) is 39.8. The summed E-state index contributed by atoms with van der Waals surface area (Å²) in [4.78, 5) is 0. The second-order valence-corrected chi connectivity index (χ2v) is 39.5. The lowest BCUT2D eigenvalue weighted by Gasteiger charge is -2.26. The quantitative estimate of drug-likeness (QED) is 0.142. The average molecular weight is 1380 g/mol. The Morgan fingerprint density at radius 3 is 0.885 bits per heavy atom.